The molecule has 1 atom stereocenters. The smallest absolute Gasteiger partial charge is 0.280 e. The van der Waals surface area contributed by atoms with Crippen LogP contribution in [-0.2, 0) is 6.54 Å². The minimum atomic E-state index is -0.390. The van der Waals surface area contributed by atoms with Crippen molar-refractivity contribution in [3.63, 3.8) is 0 Å². The van der Waals surface area contributed by atoms with E-state index in [0.29, 0.717) is 24.2 Å². The summed E-state index contributed by atoms with van der Waals surface area (Å²) in [7, 11) is 0. The fourth-order valence-corrected chi connectivity index (χ4v) is 2.72. The number of nitrogen functional groups attached to an aromatic ring is 1. The number of aliphatic hydroxyl groups excluding tert-OH is 1. The number of hydrogen-bond donors (Lipinski definition) is 3. The molecule has 0 aliphatic heterocycles. The Kier molecular flexibility index (Phi) is 4.90. The number of carbonyl (C=O) groups is 1. The van der Waals surface area contributed by atoms with E-state index in [4.69, 9.17) is 5.73 Å². The first-order chi connectivity index (χ1) is 12.1. The van der Waals surface area contributed by atoms with Crippen molar-refractivity contribution < 1.29 is 9.90 Å². The number of Topliss-reactive ketones (excluding diaryl/α,β-unsaturated/α-hetero) is 1. The number of aromatic amines is 1. The van der Waals surface area contributed by atoms with Crippen LogP contribution in [0.1, 0.15) is 23.2 Å². The number of fused-ring (bicyclic) bond motifs is 1. The van der Waals surface area contributed by atoms with Gasteiger partial charge in [-0.15, -0.1) is 0 Å². The minimum absolute atomic E-state index is 0.00560. The van der Waals surface area contributed by atoms with E-state index in [9.17, 15) is 14.7 Å². The van der Waals surface area contributed by atoms with Crippen LogP contribution in [0.5, 0.6) is 0 Å². The van der Waals surface area contributed by atoms with E-state index in [1.807, 2.05) is 18.2 Å². The Hall–Kier alpha value is -3.00. The first kappa shape index (κ1) is 16.8. The number of benzene rings is 1. The zero-order valence-electron chi connectivity index (χ0n) is 13.6. The fraction of sp³-hybridized carbons (Fsp3) is 0.294. The molecule has 4 N–H and O–H groups in total. The first-order valence-corrected chi connectivity index (χ1v) is 7.98. The molecular weight excluding hydrogens is 322 g/mol. The highest BCUT2D eigenvalue weighted by Crippen LogP contribution is 2.16. The molecule has 0 aliphatic rings. The Morgan fingerprint density at radius 3 is 2.80 bits per heavy atom. The molecule has 0 amide bonds. The van der Waals surface area contributed by atoms with Crippen LogP contribution in [-0.4, -0.2) is 37.0 Å². The third-order valence-corrected chi connectivity index (χ3v) is 4.10. The fourth-order valence-electron chi connectivity index (χ4n) is 2.72. The summed E-state index contributed by atoms with van der Waals surface area (Å²) in [6, 6.07) is 9.00. The normalized spacial score (nSPS) is 12.4. The number of carbonyl (C=O) groups excluding carboxylic acids is 1. The van der Waals surface area contributed by atoms with Crippen LogP contribution >= 0.6 is 0 Å². The molecule has 8 nitrogen and oxygen atoms in total. The van der Waals surface area contributed by atoms with E-state index < -0.39 is 0 Å². The molecule has 25 heavy (non-hydrogen) atoms. The van der Waals surface area contributed by atoms with Crippen LogP contribution < -0.4 is 11.3 Å². The Labute approximate surface area is 143 Å². The summed E-state index contributed by atoms with van der Waals surface area (Å²) in [6.45, 7) is 0.376. The molecule has 0 aliphatic carbocycles. The molecule has 0 bridgehead atoms. The summed E-state index contributed by atoms with van der Waals surface area (Å²) >= 11 is 0. The third kappa shape index (κ3) is 3.74. The lowest BCUT2D eigenvalue weighted by Gasteiger charge is -2.14. The maximum atomic E-state index is 12.3. The van der Waals surface area contributed by atoms with Gasteiger partial charge >= 0.3 is 0 Å². The number of nitrogens with two attached hydrogens (primary N) is 1. The Morgan fingerprint density at radius 2 is 2.08 bits per heavy atom. The number of nitrogens with zero attached hydrogens (tertiary/aromatic N) is 3. The Balaban J connectivity index is 1.69. The number of aryl methyl sites for hydroxylation is 1. The van der Waals surface area contributed by atoms with E-state index in [2.05, 4.69) is 15.0 Å². The molecule has 0 saturated heterocycles. The van der Waals surface area contributed by atoms with Crippen molar-refractivity contribution in [3.05, 3.63) is 52.6 Å². The monoisotopic (exact) mass is 341 g/mol. The predicted molar refractivity (Wildman–Crippen MR) is 93.1 cm³/mol. The van der Waals surface area contributed by atoms with Crippen LogP contribution in [0.25, 0.3) is 11.2 Å². The van der Waals surface area contributed by atoms with Gasteiger partial charge in [0.2, 0.25) is 5.95 Å². The highest BCUT2D eigenvalue weighted by atomic mass is 16.3. The number of nitrogens with one attached hydrogen (secondary N) is 1. The molecule has 1 aromatic carbocycles. The molecule has 130 valence electrons. The molecule has 0 saturated carbocycles. The molecule has 8 heteroatoms. The number of H-pyrrole nitrogens is 1. The molecular formula is C17H19N5O3. The third-order valence-electron chi connectivity index (χ3n) is 4.10. The van der Waals surface area contributed by atoms with E-state index in [1.165, 1.54) is 6.33 Å². The average molecular weight is 341 g/mol. The van der Waals surface area contributed by atoms with Crippen LogP contribution in [0.15, 0.2) is 41.5 Å². The van der Waals surface area contributed by atoms with E-state index in [-0.39, 0.29) is 41.8 Å². The van der Waals surface area contributed by atoms with Gasteiger partial charge in [0.15, 0.2) is 16.9 Å². The van der Waals surface area contributed by atoms with E-state index >= 15 is 0 Å². The SMILES string of the molecule is Nc1nc2c(ncn2CCC(CO)CC(=O)c2ccccc2)c(=O)[nH]1. The highest BCUT2D eigenvalue weighted by Gasteiger charge is 2.16. The van der Waals surface area contributed by atoms with Crippen molar-refractivity contribution >= 4 is 22.9 Å². The van der Waals surface area contributed by atoms with Crippen molar-refractivity contribution in [2.45, 2.75) is 19.4 Å². The van der Waals surface area contributed by atoms with Crippen LogP contribution in [0.3, 0.4) is 0 Å². The summed E-state index contributed by atoms with van der Waals surface area (Å²) in [6.07, 6.45) is 2.32. The topological polar surface area (TPSA) is 127 Å². The Morgan fingerprint density at radius 1 is 1.32 bits per heavy atom. The molecule has 2 heterocycles. The van der Waals surface area contributed by atoms with Gasteiger partial charge in [-0.3, -0.25) is 14.6 Å². The number of anilines is 1. The number of ketones is 1. The second-order valence-corrected chi connectivity index (χ2v) is 5.89. The lowest BCUT2D eigenvalue weighted by molar-refractivity contribution is 0.0929. The quantitative estimate of drug-likeness (QED) is 0.550. The summed E-state index contributed by atoms with van der Waals surface area (Å²) in [5.41, 5.74) is 6.43. The maximum absolute atomic E-state index is 12.3. The van der Waals surface area contributed by atoms with Crippen molar-refractivity contribution in [1.29, 1.82) is 0 Å². The molecule has 0 fully saturated rings. The number of imidazole rings is 1. The second kappa shape index (κ2) is 7.27. The van der Waals surface area contributed by atoms with Gasteiger partial charge in [0, 0.05) is 25.1 Å². The van der Waals surface area contributed by atoms with Gasteiger partial charge in [0.25, 0.3) is 5.56 Å². The number of rotatable bonds is 7. The molecule has 3 aromatic rings. The number of aliphatic hydroxyl groups is 1. The van der Waals surface area contributed by atoms with Crippen molar-refractivity contribution in [3.8, 4) is 0 Å². The maximum Gasteiger partial charge on any atom is 0.280 e. The summed E-state index contributed by atoms with van der Waals surface area (Å²) in [5.74, 6) is -0.171. The standard InChI is InChI=1S/C17H19N5O3/c18-17-20-15-14(16(25)21-17)19-10-22(15)7-6-11(9-23)8-13(24)12-4-2-1-3-5-12/h1-5,10-11,23H,6-9H2,(H3,18,20,21,25). The van der Waals surface area contributed by atoms with Gasteiger partial charge < -0.3 is 15.4 Å². The highest BCUT2D eigenvalue weighted by molar-refractivity contribution is 5.96. The second-order valence-electron chi connectivity index (χ2n) is 5.89. The zero-order chi connectivity index (χ0) is 17.8. The van der Waals surface area contributed by atoms with Gasteiger partial charge in [-0.25, -0.2) is 4.98 Å². The summed E-state index contributed by atoms with van der Waals surface area (Å²) in [4.78, 5) is 34.6. The largest absolute Gasteiger partial charge is 0.396 e. The molecule has 2 aromatic heterocycles. The Bertz CT molecular complexity index is 932. The van der Waals surface area contributed by atoms with Gasteiger partial charge in [0.1, 0.15) is 0 Å². The molecule has 0 spiro atoms. The first-order valence-electron chi connectivity index (χ1n) is 7.98. The van der Waals surface area contributed by atoms with E-state index in [1.54, 1.807) is 16.7 Å². The number of aromatic nitrogens is 4. The molecule has 3 rings (SSSR count). The van der Waals surface area contributed by atoms with Crippen molar-refractivity contribution in [2.24, 2.45) is 5.92 Å². The van der Waals surface area contributed by atoms with Gasteiger partial charge in [-0.2, -0.15) is 4.98 Å². The predicted octanol–water partition coefficient (Wildman–Crippen LogP) is 0.973. The zero-order valence-corrected chi connectivity index (χ0v) is 13.6. The minimum Gasteiger partial charge on any atom is -0.396 e. The summed E-state index contributed by atoms with van der Waals surface area (Å²) in [5, 5.41) is 9.58. The van der Waals surface area contributed by atoms with Gasteiger partial charge in [-0.05, 0) is 12.3 Å². The van der Waals surface area contributed by atoms with Crippen LogP contribution in [0.4, 0.5) is 5.95 Å². The van der Waals surface area contributed by atoms with Crippen molar-refractivity contribution in [2.75, 3.05) is 12.3 Å². The van der Waals surface area contributed by atoms with Crippen LogP contribution in [0, 0.1) is 5.92 Å². The van der Waals surface area contributed by atoms with E-state index in [0.717, 1.165) is 0 Å². The van der Waals surface area contributed by atoms with Gasteiger partial charge in [-0.1, -0.05) is 30.3 Å². The molecule has 0 radical (unpaired) electrons. The van der Waals surface area contributed by atoms with Crippen LogP contribution in [0.2, 0.25) is 0 Å². The lowest BCUT2D eigenvalue weighted by atomic mass is 9.96. The number of hydrogen-bond acceptors (Lipinski definition) is 6. The molecule has 1 unspecified atom stereocenters. The van der Waals surface area contributed by atoms with Gasteiger partial charge in [0.05, 0.1) is 6.33 Å². The van der Waals surface area contributed by atoms with Crippen molar-refractivity contribution in [1.82, 2.24) is 19.5 Å². The lowest BCUT2D eigenvalue weighted by Crippen LogP contribution is -2.16. The summed E-state index contributed by atoms with van der Waals surface area (Å²) < 4.78 is 1.70. The average Bonchev–Trinajstić information content (AvgIpc) is 3.02.